The zero-order chi connectivity index (χ0) is 14.1. The number of hydrogen-bond donors (Lipinski definition) is 0. The summed E-state index contributed by atoms with van der Waals surface area (Å²) in [5.74, 6) is 0.0753. The van der Waals surface area contributed by atoms with Crippen LogP contribution < -0.4 is 0 Å². The summed E-state index contributed by atoms with van der Waals surface area (Å²) in [6.45, 7) is 2.77. The summed E-state index contributed by atoms with van der Waals surface area (Å²) >= 11 is 0. The van der Waals surface area contributed by atoms with Gasteiger partial charge in [0.15, 0.2) is 0 Å². The molecular weight excluding hydrogens is 265 g/mol. The van der Waals surface area contributed by atoms with Gasteiger partial charge in [-0.3, -0.25) is 15.0 Å². The Morgan fingerprint density at radius 2 is 2.25 bits per heavy atom. The lowest BCUT2D eigenvalue weighted by molar-refractivity contribution is -0.387. The van der Waals surface area contributed by atoms with E-state index in [2.05, 4.69) is 15.1 Å². The SMILES string of the molecule is O=[N+]([O-])c1ccc(CN2CCn3cnnc3C2)cc1F. The highest BCUT2D eigenvalue weighted by Crippen LogP contribution is 2.20. The summed E-state index contributed by atoms with van der Waals surface area (Å²) in [6, 6.07) is 4.01. The standard InChI is InChI=1S/C12H12FN5O2/c13-10-5-9(1-2-11(10)18(19)20)6-16-3-4-17-8-14-15-12(17)7-16/h1-2,5,8H,3-4,6-7H2. The number of benzene rings is 1. The van der Waals surface area contributed by atoms with Gasteiger partial charge in [-0.15, -0.1) is 10.2 Å². The predicted molar refractivity (Wildman–Crippen MR) is 67.2 cm³/mol. The highest BCUT2D eigenvalue weighted by molar-refractivity contribution is 5.35. The number of nitro benzene ring substituents is 1. The van der Waals surface area contributed by atoms with E-state index >= 15 is 0 Å². The molecule has 0 spiro atoms. The zero-order valence-electron chi connectivity index (χ0n) is 10.6. The molecule has 1 aromatic heterocycles. The van der Waals surface area contributed by atoms with Gasteiger partial charge >= 0.3 is 5.69 Å². The molecule has 1 aromatic carbocycles. The number of hydrogen-bond acceptors (Lipinski definition) is 5. The van der Waals surface area contributed by atoms with Crippen LogP contribution in [0.2, 0.25) is 0 Å². The normalized spacial score (nSPS) is 15.1. The first-order chi connectivity index (χ1) is 9.63. The van der Waals surface area contributed by atoms with Crippen molar-refractivity contribution in [2.75, 3.05) is 6.54 Å². The minimum Gasteiger partial charge on any atom is -0.315 e. The molecule has 0 aliphatic carbocycles. The number of nitrogens with zero attached hydrogens (tertiary/aromatic N) is 5. The third-order valence-corrected chi connectivity index (χ3v) is 3.33. The van der Waals surface area contributed by atoms with Gasteiger partial charge in [0.25, 0.3) is 0 Å². The topological polar surface area (TPSA) is 77.1 Å². The maximum atomic E-state index is 13.6. The summed E-state index contributed by atoms with van der Waals surface area (Å²) in [7, 11) is 0. The summed E-state index contributed by atoms with van der Waals surface area (Å²) in [6.07, 6.45) is 1.69. The minimum absolute atomic E-state index is 0.493. The van der Waals surface area contributed by atoms with Crippen LogP contribution in [0.1, 0.15) is 11.4 Å². The largest absolute Gasteiger partial charge is 0.315 e. The van der Waals surface area contributed by atoms with Crippen LogP contribution in [0, 0.1) is 15.9 Å². The van der Waals surface area contributed by atoms with E-state index in [0.29, 0.717) is 18.7 Å². The van der Waals surface area contributed by atoms with E-state index in [9.17, 15) is 14.5 Å². The third-order valence-electron chi connectivity index (χ3n) is 3.33. The molecule has 2 aromatic rings. The minimum atomic E-state index is -0.798. The molecule has 7 nitrogen and oxygen atoms in total. The van der Waals surface area contributed by atoms with E-state index in [1.54, 1.807) is 12.4 Å². The van der Waals surface area contributed by atoms with Crippen molar-refractivity contribution < 1.29 is 9.31 Å². The lowest BCUT2D eigenvalue weighted by Crippen LogP contribution is -2.33. The van der Waals surface area contributed by atoms with Crippen LogP contribution in [-0.4, -0.2) is 31.1 Å². The molecule has 0 atom stereocenters. The van der Waals surface area contributed by atoms with E-state index in [-0.39, 0.29) is 0 Å². The summed E-state index contributed by atoms with van der Waals surface area (Å²) < 4.78 is 15.5. The van der Waals surface area contributed by atoms with Crippen molar-refractivity contribution in [3.05, 3.63) is 51.8 Å². The van der Waals surface area contributed by atoms with Gasteiger partial charge in [0.1, 0.15) is 12.2 Å². The van der Waals surface area contributed by atoms with Gasteiger partial charge in [-0.1, -0.05) is 6.07 Å². The lowest BCUT2D eigenvalue weighted by atomic mass is 10.1. The van der Waals surface area contributed by atoms with Gasteiger partial charge in [-0.05, 0) is 11.6 Å². The quantitative estimate of drug-likeness (QED) is 0.625. The maximum Gasteiger partial charge on any atom is 0.304 e. The second-order valence-corrected chi connectivity index (χ2v) is 4.69. The van der Waals surface area contributed by atoms with Crippen LogP contribution in [0.15, 0.2) is 24.5 Å². The van der Waals surface area contributed by atoms with Gasteiger partial charge in [0.05, 0.1) is 11.5 Å². The van der Waals surface area contributed by atoms with Crippen molar-refractivity contribution in [3.8, 4) is 0 Å². The molecule has 104 valence electrons. The van der Waals surface area contributed by atoms with Crippen molar-refractivity contribution >= 4 is 5.69 Å². The van der Waals surface area contributed by atoms with Crippen LogP contribution in [0.25, 0.3) is 0 Å². The van der Waals surface area contributed by atoms with Crippen molar-refractivity contribution in [1.82, 2.24) is 19.7 Å². The van der Waals surface area contributed by atoms with Gasteiger partial charge < -0.3 is 4.57 Å². The van der Waals surface area contributed by atoms with Crippen molar-refractivity contribution in [3.63, 3.8) is 0 Å². The molecule has 1 aliphatic rings. The number of aromatic nitrogens is 3. The van der Waals surface area contributed by atoms with Crippen molar-refractivity contribution in [2.45, 2.75) is 19.6 Å². The molecule has 0 radical (unpaired) electrons. The molecule has 0 bridgehead atoms. The third kappa shape index (κ3) is 2.37. The smallest absolute Gasteiger partial charge is 0.304 e. The zero-order valence-corrected chi connectivity index (χ0v) is 10.6. The van der Waals surface area contributed by atoms with Crippen LogP contribution in [0.5, 0.6) is 0 Å². The Morgan fingerprint density at radius 1 is 1.40 bits per heavy atom. The molecular formula is C12H12FN5O2. The molecule has 0 saturated carbocycles. The molecule has 0 unspecified atom stereocenters. The first-order valence-corrected chi connectivity index (χ1v) is 6.15. The number of fused-ring (bicyclic) bond motifs is 1. The molecule has 3 rings (SSSR count). The predicted octanol–water partition coefficient (Wildman–Crippen LogP) is 1.34. The fraction of sp³-hybridized carbons (Fsp3) is 0.333. The highest BCUT2D eigenvalue weighted by atomic mass is 19.1. The molecule has 20 heavy (non-hydrogen) atoms. The number of halogens is 1. The lowest BCUT2D eigenvalue weighted by Gasteiger charge is -2.26. The molecule has 0 amide bonds. The fourth-order valence-electron chi connectivity index (χ4n) is 2.31. The van der Waals surface area contributed by atoms with E-state index in [4.69, 9.17) is 0 Å². The Labute approximate surface area is 113 Å². The van der Waals surface area contributed by atoms with Gasteiger partial charge in [-0.25, -0.2) is 0 Å². The molecule has 0 saturated heterocycles. The Kier molecular flexibility index (Phi) is 3.15. The maximum absolute atomic E-state index is 13.6. The fourth-order valence-corrected chi connectivity index (χ4v) is 2.31. The number of rotatable bonds is 3. The summed E-state index contributed by atoms with van der Waals surface area (Å²) in [4.78, 5) is 12.0. The molecule has 1 aliphatic heterocycles. The van der Waals surface area contributed by atoms with Gasteiger partial charge in [0, 0.05) is 25.7 Å². The first kappa shape index (κ1) is 12.7. The Bertz CT molecular complexity index is 657. The van der Waals surface area contributed by atoms with Crippen molar-refractivity contribution in [2.24, 2.45) is 0 Å². The van der Waals surface area contributed by atoms with E-state index < -0.39 is 16.4 Å². The van der Waals surface area contributed by atoms with Crippen LogP contribution in [-0.2, 0) is 19.6 Å². The average Bonchev–Trinajstić information content (AvgIpc) is 2.85. The number of nitro groups is 1. The average molecular weight is 277 g/mol. The Balaban J connectivity index is 1.73. The van der Waals surface area contributed by atoms with Gasteiger partial charge in [-0.2, -0.15) is 4.39 Å². The first-order valence-electron chi connectivity index (χ1n) is 6.15. The van der Waals surface area contributed by atoms with E-state index in [0.717, 1.165) is 18.9 Å². The molecule has 0 N–H and O–H groups in total. The van der Waals surface area contributed by atoms with E-state index in [1.807, 2.05) is 4.57 Å². The summed E-state index contributed by atoms with van der Waals surface area (Å²) in [5.41, 5.74) is 0.216. The van der Waals surface area contributed by atoms with Crippen LogP contribution in [0.3, 0.4) is 0 Å². The van der Waals surface area contributed by atoms with Crippen LogP contribution in [0.4, 0.5) is 10.1 Å². The molecule has 0 fully saturated rings. The van der Waals surface area contributed by atoms with Gasteiger partial charge in [0.2, 0.25) is 5.82 Å². The monoisotopic (exact) mass is 277 g/mol. The summed E-state index contributed by atoms with van der Waals surface area (Å²) in [5, 5.41) is 18.4. The Morgan fingerprint density at radius 3 is 3.00 bits per heavy atom. The van der Waals surface area contributed by atoms with E-state index in [1.165, 1.54) is 12.1 Å². The molecule has 8 heteroatoms. The Hall–Kier alpha value is -2.35. The van der Waals surface area contributed by atoms with Crippen LogP contribution >= 0.6 is 0 Å². The van der Waals surface area contributed by atoms with Crippen molar-refractivity contribution in [1.29, 1.82) is 0 Å². The second kappa shape index (κ2) is 4.97. The molecule has 2 heterocycles. The highest BCUT2D eigenvalue weighted by Gasteiger charge is 2.19. The second-order valence-electron chi connectivity index (χ2n) is 4.69.